The van der Waals surface area contributed by atoms with Crippen molar-refractivity contribution < 1.29 is 24.6 Å². The molecule has 0 saturated heterocycles. The number of aliphatic hydroxyl groups is 1. The van der Waals surface area contributed by atoms with E-state index in [0.29, 0.717) is 0 Å². The van der Waals surface area contributed by atoms with Crippen molar-refractivity contribution in [3.63, 3.8) is 0 Å². The molecule has 0 heterocycles. The number of carboxylic acid groups (broad SMARTS) is 1. The van der Waals surface area contributed by atoms with E-state index in [-0.39, 0.29) is 11.9 Å². The molecule has 8 nitrogen and oxygen atoms in total. The van der Waals surface area contributed by atoms with Crippen molar-refractivity contribution in [2.75, 3.05) is 6.54 Å². The summed E-state index contributed by atoms with van der Waals surface area (Å²) >= 11 is 0. The average Bonchev–Trinajstić information content (AvgIpc) is 2.24. The summed E-state index contributed by atoms with van der Waals surface area (Å²) in [5, 5.41) is 24.4. The van der Waals surface area contributed by atoms with E-state index in [2.05, 4.69) is 16.0 Å². The summed E-state index contributed by atoms with van der Waals surface area (Å²) in [6.07, 6.45) is -1.67. The van der Waals surface area contributed by atoms with Crippen molar-refractivity contribution >= 4 is 17.9 Å². The van der Waals surface area contributed by atoms with Gasteiger partial charge in [0.25, 0.3) is 0 Å². The molecule has 0 aliphatic heterocycles. The van der Waals surface area contributed by atoms with Crippen molar-refractivity contribution in [3.05, 3.63) is 0 Å². The molecule has 8 heteroatoms. The van der Waals surface area contributed by atoms with Crippen LogP contribution in [0.5, 0.6) is 0 Å². The van der Waals surface area contributed by atoms with E-state index < -0.39 is 30.7 Å². The normalized spacial score (nSPS) is 13.6. The van der Waals surface area contributed by atoms with Gasteiger partial charge in [-0.15, -0.1) is 0 Å². The first-order valence-corrected chi connectivity index (χ1v) is 5.49. The summed E-state index contributed by atoms with van der Waals surface area (Å²) in [4.78, 5) is 33.0. The van der Waals surface area contributed by atoms with Crippen LogP contribution in [0.2, 0.25) is 0 Å². The second-order valence-corrected chi connectivity index (χ2v) is 4.09. The van der Waals surface area contributed by atoms with Gasteiger partial charge in [-0.1, -0.05) is 0 Å². The van der Waals surface area contributed by atoms with Crippen LogP contribution in [0.25, 0.3) is 0 Å². The number of nitrogens with one attached hydrogen (secondary N) is 3. The minimum absolute atomic E-state index is 0.0429. The van der Waals surface area contributed by atoms with E-state index in [4.69, 9.17) is 10.2 Å². The molecular weight excluding hydrogens is 242 g/mol. The lowest BCUT2D eigenvalue weighted by atomic mass is 10.3. The number of rotatable bonds is 6. The maximum atomic E-state index is 11.4. The van der Waals surface area contributed by atoms with Crippen LogP contribution in [-0.2, 0) is 9.59 Å². The molecule has 0 rings (SSSR count). The number of carboxylic acids is 1. The molecule has 1 unspecified atom stereocenters. The van der Waals surface area contributed by atoms with E-state index in [1.807, 2.05) is 0 Å². The largest absolute Gasteiger partial charge is 0.479 e. The van der Waals surface area contributed by atoms with Gasteiger partial charge in [-0.25, -0.2) is 9.59 Å². The Morgan fingerprint density at radius 2 is 1.67 bits per heavy atom. The molecule has 0 aliphatic rings. The van der Waals surface area contributed by atoms with Gasteiger partial charge in [-0.3, -0.25) is 4.79 Å². The molecule has 0 radical (unpaired) electrons. The molecule has 0 saturated carbocycles. The Morgan fingerprint density at radius 1 is 1.11 bits per heavy atom. The van der Waals surface area contributed by atoms with Gasteiger partial charge in [-0.05, 0) is 20.8 Å². The quantitative estimate of drug-likeness (QED) is 0.403. The Balaban J connectivity index is 4.01. The molecule has 0 aromatic rings. The lowest BCUT2D eigenvalue weighted by molar-refractivity contribution is -0.146. The van der Waals surface area contributed by atoms with Crippen LogP contribution >= 0.6 is 0 Å². The van der Waals surface area contributed by atoms with Crippen LogP contribution in [0.3, 0.4) is 0 Å². The number of hydrogen-bond acceptors (Lipinski definition) is 4. The Labute approximate surface area is 105 Å². The SMILES string of the molecule is CC(C)NC(=O)C(C)NC(=O)NC[C@H](O)C(=O)O. The number of urea groups is 1. The van der Waals surface area contributed by atoms with Crippen molar-refractivity contribution in [1.29, 1.82) is 0 Å². The van der Waals surface area contributed by atoms with Crippen molar-refractivity contribution in [3.8, 4) is 0 Å². The molecule has 0 aromatic heterocycles. The van der Waals surface area contributed by atoms with Gasteiger partial charge in [-0.2, -0.15) is 0 Å². The fraction of sp³-hybridized carbons (Fsp3) is 0.700. The zero-order valence-electron chi connectivity index (χ0n) is 10.6. The first kappa shape index (κ1) is 16.2. The van der Waals surface area contributed by atoms with Gasteiger partial charge < -0.3 is 26.2 Å². The van der Waals surface area contributed by atoms with Gasteiger partial charge in [0.05, 0.1) is 6.54 Å². The van der Waals surface area contributed by atoms with E-state index in [0.717, 1.165) is 0 Å². The third kappa shape index (κ3) is 6.69. The number of amides is 3. The summed E-state index contributed by atoms with van der Waals surface area (Å²) in [6, 6.07) is -1.52. The summed E-state index contributed by atoms with van der Waals surface area (Å²) in [5.41, 5.74) is 0. The fourth-order valence-corrected chi connectivity index (χ4v) is 0.999. The van der Waals surface area contributed by atoms with Crippen LogP contribution in [0.15, 0.2) is 0 Å². The second-order valence-electron chi connectivity index (χ2n) is 4.09. The van der Waals surface area contributed by atoms with E-state index in [9.17, 15) is 14.4 Å². The summed E-state index contributed by atoms with van der Waals surface area (Å²) in [7, 11) is 0. The van der Waals surface area contributed by atoms with Crippen LogP contribution in [0, 0.1) is 0 Å². The first-order valence-electron chi connectivity index (χ1n) is 5.49. The average molecular weight is 261 g/mol. The van der Waals surface area contributed by atoms with E-state index >= 15 is 0 Å². The highest BCUT2D eigenvalue weighted by atomic mass is 16.4. The molecule has 0 aliphatic carbocycles. The zero-order chi connectivity index (χ0) is 14.3. The molecule has 18 heavy (non-hydrogen) atoms. The Bertz CT molecular complexity index is 319. The molecule has 3 amide bonds. The highest BCUT2D eigenvalue weighted by Crippen LogP contribution is 1.86. The molecular formula is C10H19N3O5. The summed E-state index contributed by atoms with van der Waals surface area (Å²) in [6.45, 7) is 4.63. The molecule has 5 N–H and O–H groups in total. The lowest BCUT2D eigenvalue weighted by Gasteiger charge is -2.16. The smallest absolute Gasteiger partial charge is 0.334 e. The second kappa shape index (κ2) is 7.49. The molecule has 0 spiro atoms. The number of hydrogen-bond donors (Lipinski definition) is 5. The molecule has 2 atom stereocenters. The highest BCUT2D eigenvalue weighted by molar-refractivity contribution is 5.87. The van der Waals surface area contributed by atoms with Crippen LogP contribution in [-0.4, -0.2) is 52.9 Å². The van der Waals surface area contributed by atoms with Crippen LogP contribution in [0.1, 0.15) is 20.8 Å². The van der Waals surface area contributed by atoms with Crippen LogP contribution < -0.4 is 16.0 Å². The Hall–Kier alpha value is -1.83. The maximum absolute atomic E-state index is 11.4. The third-order valence-electron chi connectivity index (χ3n) is 1.91. The third-order valence-corrected chi connectivity index (χ3v) is 1.91. The minimum Gasteiger partial charge on any atom is -0.479 e. The monoisotopic (exact) mass is 261 g/mol. The lowest BCUT2D eigenvalue weighted by Crippen LogP contribution is -2.51. The van der Waals surface area contributed by atoms with Gasteiger partial charge in [0.1, 0.15) is 6.04 Å². The molecule has 0 bridgehead atoms. The first-order chi connectivity index (χ1) is 8.23. The van der Waals surface area contributed by atoms with Gasteiger partial charge in [0.15, 0.2) is 6.10 Å². The van der Waals surface area contributed by atoms with Crippen molar-refractivity contribution in [2.45, 2.75) is 39.0 Å². The fourth-order valence-electron chi connectivity index (χ4n) is 0.999. The summed E-state index contributed by atoms with van der Waals surface area (Å²) in [5.74, 6) is -1.78. The molecule has 0 fully saturated rings. The topological polar surface area (TPSA) is 128 Å². The van der Waals surface area contributed by atoms with Crippen molar-refractivity contribution in [1.82, 2.24) is 16.0 Å². The predicted molar refractivity (Wildman–Crippen MR) is 62.9 cm³/mol. The van der Waals surface area contributed by atoms with E-state index in [1.54, 1.807) is 13.8 Å². The highest BCUT2D eigenvalue weighted by Gasteiger charge is 2.18. The molecule has 0 aromatic carbocycles. The van der Waals surface area contributed by atoms with E-state index in [1.165, 1.54) is 6.92 Å². The molecule has 104 valence electrons. The van der Waals surface area contributed by atoms with Gasteiger partial charge in [0.2, 0.25) is 5.91 Å². The Kier molecular flexibility index (Phi) is 6.73. The summed E-state index contributed by atoms with van der Waals surface area (Å²) < 4.78 is 0. The standard InChI is InChI=1S/C10H19N3O5/c1-5(2)12-8(15)6(3)13-10(18)11-4-7(14)9(16)17/h5-7,14H,4H2,1-3H3,(H,12,15)(H,16,17)(H2,11,13,18)/t6?,7-/m0/s1. The number of carbonyl (C=O) groups is 3. The Morgan fingerprint density at radius 3 is 2.11 bits per heavy atom. The maximum Gasteiger partial charge on any atom is 0.334 e. The minimum atomic E-state index is -1.67. The van der Waals surface area contributed by atoms with Gasteiger partial charge in [0, 0.05) is 6.04 Å². The zero-order valence-corrected chi connectivity index (χ0v) is 10.6. The number of carbonyl (C=O) groups excluding carboxylic acids is 2. The number of aliphatic hydroxyl groups excluding tert-OH is 1. The van der Waals surface area contributed by atoms with Crippen LogP contribution in [0.4, 0.5) is 4.79 Å². The van der Waals surface area contributed by atoms with Gasteiger partial charge >= 0.3 is 12.0 Å². The van der Waals surface area contributed by atoms with Crippen molar-refractivity contribution in [2.24, 2.45) is 0 Å². The predicted octanol–water partition coefficient (Wildman–Crippen LogP) is -1.36. The number of aliphatic carboxylic acids is 1.